The quantitative estimate of drug-likeness (QED) is 0.0966. The van der Waals surface area contributed by atoms with Crippen LogP contribution in [-0.4, -0.2) is 13.2 Å². The molecule has 0 saturated heterocycles. The first-order chi connectivity index (χ1) is 19.8. The highest BCUT2D eigenvalue weighted by atomic mass is 19.2. The number of hydrogen-bond acceptors (Lipinski definition) is 2. The van der Waals surface area contributed by atoms with Crippen molar-refractivity contribution in [3.63, 3.8) is 0 Å². The molecule has 2 nitrogen and oxygen atoms in total. The predicted molar refractivity (Wildman–Crippen MR) is 152 cm³/mol. The fourth-order valence-corrected chi connectivity index (χ4v) is 4.53. The summed E-state index contributed by atoms with van der Waals surface area (Å²) in [5.74, 6) is -4.38. The zero-order chi connectivity index (χ0) is 29.4. The molecular weight excluding hydrogens is 535 g/mol. The number of rotatable bonds is 12. The third kappa shape index (κ3) is 7.15. The van der Waals surface area contributed by atoms with E-state index in [0.717, 1.165) is 0 Å². The van der Waals surface area contributed by atoms with Gasteiger partial charge in [0.25, 0.3) is 0 Å². The lowest BCUT2D eigenvalue weighted by Crippen LogP contribution is -2.04. The minimum Gasteiger partial charge on any atom is -0.491 e. The van der Waals surface area contributed by atoms with Gasteiger partial charge in [-0.25, -0.2) is 17.6 Å². The molecule has 0 atom stereocenters. The van der Waals surface area contributed by atoms with Gasteiger partial charge >= 0.3 is 0 Å². The topological polar surface area (TPSA) is 18.5 Å². The van der Waals surface area contributed by atoms with Crippen LogP contribution >= 0.6 is 0 Å². The predicted octanol–water partition coefficient (Wildman–Crippen LogP) is 9.64. The van der Waals surface area contributed by atoms with Crippen LogP contribution < -0.4 is 9.47 Å². The highest BCUT2D eigenvalue weighted by Crippen LogP contribution is 2.31. The zero-order valence-electron chi connectivity index (χ0n) is 23.0. The van der Waals surface area contributed by atoms with Gasteiger partial charge in [0.15, 0.2) is 34.8 Å². The number of allylic oxidation sites excluding steroid dienone is 2. The Morgan fingerprint density at radius 1 is 0.634 bits per heavy atom. The van der Waals surface area contributed by atoms with Crippen molar-refractivity contribution in [1.82, 2.24) is 0 Å². The van der Waals surface area contributed by atoms with Crippen LogP contribution in [0.1, 0.15) is 37.8 Å². The van der Waals surface area contributed by atoms with Crippen LogP contribution in [0, 0.1) is 29.1 Å². The molecule has 4 rings (SSSR count). The molecule has 0 aromatic heterocycles. The molecule has 0 aliphatic carbocycles. The minimum absolute atomic E-state index is 0.0378. The standard InChI is InChI=1S/C34H31F5O2/c1-3-5-6-8-24-14-17-27(33(38)31(24)36)23-12-10-22(11-13-23)26-16-18-29(28(35)21-26)41-20-7-9-25-15-19-30(40-4-2)34(39)32(25)37/h3,5,10-19,21H,4,6-9,20H2,1-2H3/b5-3+. The fraction of sp³-hybridized carbons (Fsp3) is 0.235. The van der Waals surface area contributed by atoms with Crippen molar-refractivity contribution in [3.8, 4) is 33.8 Å². The molecule has 0 aliphatic heterocycles. The van der Waals surface area contributed by atoms with Gasteiger partial charge in [-0.2, -0.15) is 4.39 Å². The van der Waals surface area contributed by atoms with Crippen LogP contribution in [0.5, 0.6) is 11.5 Å². The van der Waals surface area contributed by atoms with E-state index in [-0.39, 0.29) is 42.3 Å². The molecular formula is C34H31F5O2. The van der Waals surface area contributed by atoms with Crippen LogP contribution in [-0.2, 0) is 12.8 Å². The third-order valence-electron chi connectivity index (χ3n) is 6.71. The minimum atomic E-state index is -1.02. The number of ether oxygens (including phenoxy) is 2. The molecule has 0 N–H and O–H groups in total. The molecule has 0 aliphatic rings. The average molecular weight is 567 g/mol. The molecule has 0 spiro atoms. The summed E-state index contributed by atoms with van der Waals surface area (Å²) < 4.78 is 83.0. The van der Waals surface area contributed by atoms with E-state index in [1.54, 1.807) is 49.4 Å². The van der Waals surface area contributed by atoms with Crippen molar-refractivity contribution < 1.29 is 31.4 Å². The van der Waals surface area contributed by atoms with E-state index in [2.05, 4.69) is 0 Å². The lowest BCUT2D eigenvalue weighted by atomic mass is 9.98. The van der Waals surface area contributed by atoms with Crippen LogP contribution in [0.3, 0.4) is 0 Å². The third-order valence-corrected chi connectivity index (χ3v) is 6.71. The summed E-state index contributed by atoms with van der Waals surface area (Å²) in [6.45, 7) is 3.90. The van der Waals surface area contributed by atoms with E-state index in [4.69, 9.17) is 9.47 Å². The molecule has 41 heavy (non-hydrogen) atoms. The monoisotopic (exact) mass is 566 g/mol. The number of benzene rings is 4. The maximum absolute atomic E-state index is 14.8. The van der Waals surface area contributed by atoms with E-state index in [1.807, 2.05) is 19.1 Å². The van der Waals surface area contributed by atoms with Crippen LogP contribution in [0.2, 0.25) is 0 Å². The van der Waals surface area contributed by atoms with Gasteiger partial charge in [-0.1, -0.05) is 60.7 Å². The van der Waals surface area contributed by atoms with Gasteiger partial charge in [0.05, 0.1) is 13.2 Å². The summed E-state index contributed by atoms with van der Waals surface area (Å²) in [6, 6.07) is 17.3. The maximum Gasteiger partial charge on any atom is 0.200 e. The molecule has 0 saturated carbocycles. The summed E-state index contributed by atoms with van der Waals surface area (Å²) in [6.07, 6.45) is 5.38. The van der Waals surface area contributed by atoms with Crippen LogP contribution in [0.4, 0.5) is 22.0 Å². The second-order valence-corrected chi connectivity index (χ2v) is 9.47. The molecule has 0 amide bonds. The second-order valence-electron chi connectivity index (χ2n) is 9.47. The molecule has 0 fully saturated rings. The van der Waals surface area contributed by atoms with E-state index in [9.17, 15) is 22.0 Å². The van der Waals surface area contributed by atoms with Gasteiger partial charge in [-0.3, -0.25) is 0 Å². The van der Waals surface area contributed by atoms with Gasteiger partial charge in [0, 0.05) is 5.56 Å². The van der Waals surface area contributed by atoms with Crippen molar-refractivity contribution in [2.24, 2.45) is 0 Å². The second kappa shape index (κ2) is 14.0. The Morgan fingerprint density at radius 3 is 1.98 bits per heavy atom. The molecule has 0 bridgehead atoms. The van der Waals surface area contributed by atoms with Crippen molar-refractivity contribution in [2.75, 3.05) is 13.2 Å². The lowest BCUT2D eigenvalue weighted by Gasteiger charge is -2.11. The number of halogens is 5. The molecule has 7 heteroatoms. The summed E-state index contributed by atoms with van der Waals surface area (Å²) in [5, 5.41) is 0. The lowest BCUT2D eigenvalue weighted by molar-refractivity contribution is 0.294. The summed E-state index contributed by atoms with van der Waals surface area (Å²) in [7, 11) is 0. The largest absolute Gasteiger partial charge is 0.491 e. The molecule has 214 valence electrons. The van der Waals surface area contributed by atoms with Gasteiger partial charge in [0.2, 0.25) is 5.82 Å². The van der Waals surface area contributed by atoms with Gasteiger partial charge in [-0.05, 0) is 85.5 Å². The first-order valence-corrected chi connectivity index (χ1v) is 13.5. The molecule has 0 unspecified atom stereocenters. The molecule has 0 radical (unpaired) electrons. The van der Waals surface area contributed by atoms with Crippen molar-refractivity contribution in [3.05, 3.63) is 119 Å². The van der Waals surface area contributed by atoms with Gasteiger partial charge < -0.3 is 9.47 Å². The van der Waals surface area contributed by atoms with E-state index in [0.29, 0.717) is 41.5 Å². The number of hydrogen-bond donors (Lipinski definition) is 0. The Kier molecular flexibility index (Phi) is 10.2. The average Bonchev–Trinajstić information content (AvgIpc) is 2.98. The Hall–Kier alpha value is -4.13. The van der Waals surface area contributed by atoms with Crippen LogP contribution in [0.15, 0.2) is 78.9 Å². The smallest absolute Gasteiger partial charge is 0.200 e. The van der Waals surface area contributed by atoms with E-state index >= 15 is 0 Å². The fourth-order valence-electron chi connectivity index (χ4n) is 4.53. The zero-order valence-corrected chi connectivity index (χ0v) is 23.0. The SMILES string of the molecule is C/C=C/CCc1ccc(-c2ccc(-c3ccc(OCCCc4ccc(OCC)c(F)c4F)c(F)c3)cc2)c(F)c1F. The maximum atomic E-state index is 14.8. The molecule has 4 aromatic carbocycles. The number of aryl methyl sites for hydroxylation is 2. The normalized spacial score (nSPS) is 11.3. The summed E-state index contributed by atoms with van der Waals surface area (Å²) in [4.78, 5) is 0. The van der Waals surface area contributed by atoms with E-state index in [1.165, 1.54) is 24.3 Å². The Labute approximate surface area is 237 Å². The molecule has 0 heterocycles. The summed E-state index contributed by atoms with van der Waals surface area (Å²) in [5.41, 5.74) is 2.46. The highest BCUT2D eigenvalue weighted by molar-refractivity contribution is 5.71. The summed E-state index contributed by atoms with van der Waals surface area (Å²) >= 11 is 0. The van der Waals surface area contributed by atoms with Crippen molar-refractivity contribution >= 4 is 0 Å². The van der Waals surface area contributed by atoms with Crippen molar-refractivity contribution in [2.45, 2.75) is 39.5 Å². The van der Waals surface area contributed by atoms with Crippen LogP contribution in [0.25, 0.3) is 22.3 Å². The Bertz CT molecular complexity index is 1510. The van der Waals surface area contributed by atoms with Gasteiger partial charge in [-0.15, -0.1) is 0 Å². The van der Waals surface area contributed by atoms with E-state index < -0.39 is 29.1 Å². The first-order valence-electron chi connectivity index (χ1n) is 13.5. The Morgan fingerprint density at radius 2 is 1.27 bits per heavy atom. The van der Waals surface area contributed by atoms with Gasteiger partial charge in [0.1, 0.15) is 0 Å². The highest BCUT2D eigenvalue weighted by Gasteiger charge is 2.16. The molecule has 4 aromatic rings. The first kappa shape index (κ1) is 29.8. The Balaban J connectivity index is 1.37. The van der Waals surface area contributed by atoms with Crippen molar-refractivity contribution in [1.29, 1.82) is 0 Å².